The van der Waals surface area contributed by atoms with Crippen molar-refractivity contribution in [3.63, 3.8) is 0 Å². The van der Waals surface area contributed by atoms with E-state index in [9.17, 15) is 5.73 Å². The second kappa shape index (κ2) is 4.81. The second-order valence-corrected chi connectivity index (χ2v) is 4.80. The summed E-state index contributed by atoms with van der Waals surface area (Å²) in [7, 11) is 0. The van der Waals surface area contributed by atoms with Crippen LogP contribution in [-0.2, 0) is 0 Å². The van der Waals surface area contributed by atoms with E-state index in [0.717, 1.165) is 12.8 Å². The van der Waals surface area contributed by atoms with Crippen LogP contribution in [0.25, 0.3) is 0 Å². The minimum atomic E-state index is -3.64. The number of halogens is 2. The summed E-state index contributed by atoms with van der Waals surface area (Å²) in [5.41, 5.74) is 0. The van der Waals surface area contributed by atoms with Gasteiger partial charge in [-0.25, -0.2) is 0 Å². The number of unbranched alkanes of at least 4 members (excludes halogenated alkanes) is 1. The predicted octanol–water partition coefficient (Wildman–Crippen LogP) is 2.21. The Kier molecular flexibility index (Phi) is 5.26. The number of hydrogen-bond acceptors (Lipinski definition) is 0. The third-order valence-electron chi connectivity index (χ3n) is 0.719. The molecule has 0 saturated heterocycles. The Morgan fingerprint density at radius 2 is 2.00 bits per heavy atom. The molecule has 0 aliphatic rings. The zero-order valence-electron chi connectivity index (χ0n) is 4.38. The van der Waals surface area contributed by atoms with Gasteiger partial charge in [-0.15, -0.1) is 0 Å². The molecule has 0 unspecified atom stereocenters. The molecule has 3 heteroatoms. The van der Waals surface area contributed by atoms with E-state index < -0.39 is 20.9 Å². The second-order valence-electron chi connectivity index (χ2n) is 1.44. The molecule has 0 saturated carbocycles. The molecule has 0 atom stereocenters. The molecular weight excluding hydrogens is 205 g/mol. The van der Waals surface area contributed by atoms with Crippen molar-refractivity contribution in [2.24, 2.45) is 0 Å². The van der Waals surface area contributed by atoms with Crippen LogP contribution in [0.15, 0.2) is 0 Å². The fourth-order valence-electron chi connectivity index (χ4n) is 0.310. The molecule has 0 fully saturated rings. The quantitative estimate of drug-likeness (QED) is 0.631. The van der Waals surface area contributed by atoms with Crippen LogP contribution in [0, 0.1) is 0 Å². The Bertz CT molecular complexity index is 38.7. The summed E-state index contributed by atoms with van der Waals surface area (Å²) < 4.78 is 23.1. The molecule has 0 aromatic rings. The van der Waals surface area contributed by atoms with Crippen LogP contribution in [0.4, 0.5) is 5.73 Å². The van der Waals surface area contributed by atoms with Gasteiger partial charge in [0.2, 0.25) is 0 Å². The molecule has 0 heterocycles. The van der Waals surface area contributed by atoms with Crippen molar-refractivity contribution in [3.05, 3.63) is 0 Å². The maximum absolute atomic E-state index is 11.4. The molecule has 0 nitrogen and oxygen atoms in total. The fourth-order valence-corrected chi connectivity index (χ4v) is 2.08. The molecule has 0 rings (SSSR count). The molecule has 0 aliphatic heterocycles. The van der Waals surface area contributed by atoms with E-state index in [1.165, 1.54) is 0 Å². The van der Waals surface area contributed by atoms with Gasteiger partial charge in [-0.05, 0) is 0 Å². The van der Waals surface area contributed by atoms with Crippen LogP contribution in [0.2, 0.25) is 4.44 Å². The van der Waals surface area contributed by atoms with Gasteiger partial charge in [-0.1, -0.05) is 0 Å². The third kappa shape index (κ3) is 6.66. The van der Waals surface area contributed by atoms with Crippen molar-refractivity contribution in [1.82, 2.24) is 0 Å². The van der Waals surface area contributed by atoms with Crippen molar-refractivity contribution >= 4 is 20.9 Å². The molecule has 0 aromatic carbocycles. The van der Waals surface area contributed by atoms with Gasteiger partial charge in [-0.2, -0.15) is 0 Å². The van der Waals surface area contributed by atoms with E-state index in [4.69, 9.17) is 0 Å². The van der Waals surface area contributed by atoms with Gasteiger partial charge in [-0.3, -0.25) is 0 Å². The van der Waals surface area contributed by atoms with Crippen molar-refractivity contribution in [3.8, 4) is 0 Å². The molecule has 0 N–H and O–H groups in total. The number of rotatable bonds is 3. The van der Waals surface area contributed by atoms with Crippen LogP contribution in [0.3, 0.4) is 0 Å². The van der Waals surface area contributed by atoms with Crippen LogP contribution >= 0.6 is 0 Å². The molecule has 0 aliphatic carbocycles. The summed E-state index contributed by atoms with van der Waals surface area (Å²) in [4.78, 5) is 0. The van der Waals surface area contributed by atoms with Crippen molar-refractivity contribution in [2.75, 3.05) is 0 Å². The zero-order chi connectivity index (χ0) is 5.70. The molecule has 42 valence electrons. The van der Waals surface area contributed by atoms with Gasteiger partial charge in [0.1, 0.15) is 0 Å². The molecule has 0 amide bonds. The average molecular weight is 214 g/mol. The Morgan fingerprint density at radius 3 is 2.14 bits per heavy atom. The first-order valence-corrected chi connectivity index (χ1v) is 6.61. The SMILES string of the molecule is CCC[CH2][Sn+]([F])[F]. The van der Waals surface area contributed by atoms with Gasteiger partial charge in [0.05, 0.1) is 0 Å². The van der Waals surface area contributed by atoms with E-state index >= 15 is 0 Å². The first-order chi connectivity index (χ1) is 3.27. The van der Waals surface area contributed by atoms with Gasteiger partial charge >= 0.3 is 50.8 Å². The van der Waals surface area contributed by atoms with Crippen molar-refractivity contribution < 1.29 is 5.73 Å². The maximum atomic E-state index is 11.4. The molecule has 0 aromatic heterocycles. The molecule has 0 bridgehead atoms. The van der Waals surface area contributed by atoms with E-state index in [-0.39, 0.29) is 4.44 Å². The standard InChI is InChI=1S/C4H9.2FH.Sn/c1-3-4-2;;;/h1,3-4H2,2H3;2*1H;/q;;;+3/p-2. The zero-order valence-corrected chi connectivity index (χ0v) is 7.23. The van der Waals surface area contributed by atoms with Crippen molar-refractivity contribution in [1.29, 1.82) is 0 Å². The minimum absolute atomic E-state index is 0.263. The summed E-state index contributed by atoms with van der Waals surface area (Å²) in [5.74, 6) is 0. The van der Waals surface area contributed by atoms with Gasteiger partial charge in [0, 0.05) is 0 Å². The summed E-state index contributed by atoms with van der Waals surface area (Å²) in [6.07, 6.45) is 1.65. The Balaban J connectivity index is 2.68. The topological polar surface area (TPSA) is 0 Å². The first-order valence-electron chi connectivity index (χ1n) is 2.44. The Labute approximate surface area is 51.2 Å². The molecule has 0 spiro atoms. The van der Waals surface area contributed by atoms with E-state index in [2.05, 4.69) is 0 Å². The Morgan fingerprint density at radius 1 is 1.43 bits per heavy atom. The molecule has 7 heavy (non-hydrogen) atoms. The van der Waals surface area contributed by atoms with Gasteiger partial charge < -0.3 is 0 Å². The predicted molar refractivity (Wildman–Crippen MR) is 27.7 cm³/mol. The first kappa shape index (κ1) is 7.66. The Hall–Kier alpha value is 0.659. The van der Waals surface area contributed by atoms with Gasteiger partial charge in [0.15, 0.2) is 0 Å². The third-order valence-corrected chi connectivity index (χ3v) is 2.81. The van der Waals surface area contributed by atoms with Crippen LogP contribution in [-0.4, -0.2) is 20.9 Å². The van der Waals surface area contributed by atoms with E-state index in [1.54, 1.807) is 0 Å². The molecular formula is C4H9F2Sn+. The summed E-state index contributed by atoms with van der Waals surface area (Å²) in [6.45, 7) is 1.94. The van der Waals surface area contributed by atoms with E-state index in [1.807, 2.05) is 6.92 Å². The summed E-state index contributed by atoms with van der Waals surface area (Å²) in [6, 6.07) is 0. The van der Waals surface area contributed by atoms with Crippen LogP contribution < -0.4 is 0 Å². The summed E-state index contributed by atoms with van der Waals surface area (Å²) in [5, 5.41) is 0. The number of hydrogen-bond donors (Lipinski definition) is 0. The van der Waals surface area contributed by atoms with Crippen LogP contribution in [0.5, 0.6) is 0 Å². The fraction of sp³-hybridized carbons (Fsp3) is 1.00. The van der Waals surface area contributed by atoms with Crippen LogP contribution in [0.1, 0.15) is 19.8 Å². The summed E-state index contributed by atoms with van der Waals surface area (Å²) >= 11 is -3.64. The normalized spacial score (nSPS) is 9.00. The van der Waals surface area contributed by atoms with E-state index in [0.29, 0.717) is 0 Å². The van der Waals surface area contributed by atoms with Gasteiger partial charge in [0.25, 0.3) is 0 Å². The average Bonchev–Trinajstić information content (AvgIpc) is 1.61. The monoisotopic (exact) mass is 215 g/mol. The molecule has 0 radical (unpaired) electrons. The van der Waals surface area contributed by atoms with Crippen molar-refractivity contribution in [2.45, 2.75) is 24.2 Å².